The van der Waals surface area contributed by atoms with Crippen LogP contribution in [0.3, 0.4) is 0 Å². The van der Waals surface area contributed by atoms with Gasteiger partial charge in [0.2, 0.25) is 0 Å². The van der Waals surface area contributed by atoms with Crippen LogP contribution in [0.1, 0.15) is 24.0 Å². The van der Waals surface area contributed by atoms with E-state index in [9.17, 15) is 0 Å². The van der Waals surface area contributed by atoms with Gasteiger partial charge in [0.15, 0.2) is 0 Å². The van der Waals surface area contributed by atoms with Crippen molar-refractivity contribution in [1.29, 1.82) is 5.26 Å². The van der Waals surface area contributed by atoms with Crippen LogP contribution in [-0.4, -0.2) is 32.8 Å². The third-order valence-electron chi connectivity index (χ3n) is 3.98. The first-order valence-electron chi connectivity index (χ1n) is 7.37. The summed E-state index contributed by atoms with van der Waals surface area (Å²) in [5, 5.41) is 13.2. The molecule has 0 saturated carbocycles. The maximum Gasteiger partial charge on any atom is 0.137 e. The number of nitriles is 1. The standard InChI is InChI=1S/C16H19N5/c17-8-14-3-1-4-15(7-14)9-20-6-2-5-16(10-20)11-21-13-18-12-19-21/h1,3-4,7,12-13,16H,2,5-6,9-11H2/t16-/m0/s1. The summed E-state index contributed by atoms with van der Waals surface area (Å²) in [5.74, 6) is 0.625. The molecule has 0 amide bonds. The Morgan fingerprint density at radius 1 is 1.38 bits per heavy atom. The molecule has 0 bridgehead atoms. The van der Waals surface area contributed by atoms with Crippen molar-refractivity contribution in [2.24, 2.45) is 5.92 Å². The van der Waals surface area contributed by atoms with Gasteiger partial charge >= 0.3 is 0 Å². The average Bonchev–Trinajstić information content (AvgIpc) is 3.01. The second-order valence-electron chi connectivity index (χ2n) is 5.67. The summed E-state index contributed by atoms with van der Waals surface area (Å²) in [4.78, 5) is 6.47. The summed E-state index contributed by atoms with van der Waals surface area (Å²) in [5.41, 5.74) is 1.96. The summed E-state index contributed by atoms with van der Waals surface area (Å²) in [6, 6.07) is 10.1. The molecule has 0 unspecified atom stereocenters. The fraction of sp³-hybridized carbons (Fsp3) is 0.438. The van der Waals surface area contributed by atoms with E-state index in [1.54, 1.807) is 12.7 Å². The quantitative estimate of drug-likeness (QED) is 0.860. The normalized spacial score (nSPS) is 19.3. The minimum atomic E-state index is 0.625. The molecule has 108 valence electrons. The Balaban J connectivity index is 1.59. The van der Waals surface area contributed by atoms with Crippen LogP contribution in [0.15, 0.2) is 36.9 Å². The molecule has 1 aromatic carbocycles. The number of piperidine rings is 1. The number of hydrogen-bond donors (Lipinski definition) is 0. The van der Waals surface area contributed by atoms with E-state index in [0.29, 0.717) is 5.92 Å². The predicted molar refractivity (Wildman–Crippen MR) is 79.2 cm³/mol. The molecule has 0 spiro atoms. The van der Waals surface area contributed by atoms with Crippen molar-refractivity contribution in [1.82, 2.24) is 19.7 Å². The molecule has 1 fully saturated rings. The molecule has 5 heteroatoms. The molecule has 3 rings (SSSR count). The summed E-state index contributed by atoms with van der Waals surface area (Å²) in [7, 11) is 0. The number of nitrogens with zero attached hydrogens (tertiary/aromatic N) is 5. The Morgan fingerprint density at radius 2 is 2.33 bits per heavy atom. The van der Waals surface area contributed by atoms with E-state index in [2.05, 4.69) is 27.1 Å². The highest BCUT2D eigenvalue weighted by Crippen LogP contribution is 2.20. The molecule has 0 N–H and O–H groups in total. The highest BCUT2D eigenvalue weighted by Gasteiger charge is 2.20. The Morgan fingerprint density at radius 3 is 3.14 bits per heavy atom. The van der Waals surface area contributed by atoms with Crippen LogP contribution < -0.4 is 0 Å². The summed E-state index contributed by atoms with van der Waals surface area (Å²) in [6.45, 7) is 4.07. The smallest absolute Gasteiger partial charge is 0.137 e. The zero-order valence-electron chi connectivity index (χ0n) is 12.0. The largest absolute Gasteiger partial charge is 0.299 e. The summed E-state index contributed by atoms with van der Waals surface area (Å²) in [6.07, 6.45) is 5.84. The fourth-order valence-electron chi connectivity index (χ4n) is 3.03. The van der Waals surface area contributed by atoms with Gasteiger partial charge in [0.25, 0.3) is 0 Å². The molecule has 0 radical (unpaired) electrons. The predicted octanol–water partition coefficient (Wildman–Crippen LogP) is 2.06. The van der Waals surface area contributed by atoms with Crippen LogP contribution >= 0.6 is 0 Å². The molecular weight excluding hydrogens is 262 g/mol. The van der Waals surface area contributed by atoms with Crippen molar-refractivity contribution < 1.29 is 0 Å². The summed E-state index contributed by atoms with van der Waals surface area (Å²) >= 11 is 0. The van der Waals surface area contributed by atoms with Crippen LogP contribution in [-0.2, 0) is 13.1 Å². The van der Waals surface area contributed by atoms with Gasteiger partial charge < -0.3 is 0 Å². The highest BCUT2D eigenvalue weighted by molar-refractivity contribution is 5.32. The lowest BCUT2D eigenvalue weighted by atomic mass is 9.97. The molecule has 1 aromatic heterocycles. The Kier molecular flexibility index (Phi) is 4.27. The fourth-order valence-corrected chi connectivity index (χ4v) is 3.03. The molecule has 1 atom stereocenters. The van der Waals surface area contributed by atoms with E-state index in [-0.39, 0.29) is 0 Å². The Hall–Kier alpha value is -2.19. The van der Waals surface area contributed by atoms with Gasteiger partial charge in [-0.3, -0.25) is 9.58 Å². The number of rotatable bonds is 4. The van der Waals surface area contributed by atoms with Gasteiger partial charge in [0.1, 0.15) is 12.7 Å². The van der Waals surface area contributed by atoms with Gasteiger partial charge in [-0.25, -0.2) is 4.98 Å². The van der Waals surface area contributed by atoms with Gasteiger partial charge in [0.05, 0.1) is 11.6 Å². The second kappa shape index (κ2) is 6.51. The third-order valence-corrected chi connectivity index (χ3v) is 3.98. The van der Waals surface area contributed by atoms with Crippen LogP contribution in [0.25, 0.3) is 0 Å². The maximum absolute atomic E-state index is 8.97. The maximum atomic E-state index is 8.97. The molecule has 1 aliphatic rings. The van der Waals surface area contributed by atoms with Gasteiger partial charge in [0, 0.05) is 19.6 Å². The van der Waals surface area contributed by atoms with Gasteiger partial charge in [-0.2, -0.15) is 10.4 Å². The Bertz CT molecular complexity index is 614. The van der Waals surface area contributed by atoms with Crippen molar-refractivity contribution >= 4 is 0 Å². The first kappa shape index (κ1) is 13.8. The second-order valence-corrected chi connectivity index (χ2v) is 5.67. The van der Waals surface area contributed by atoms with E-state index in [4.69, 9.17) is 5.26 Å². The highest BCUT2D eigenvalue weighted by atomic mass is 15.3. The molecule has 1 saturated heterocycles. The monoisotopic (exact) mass is 281 g/mol. The van der Waals surface area contributed by atoms with Crippen LogP contribution in [0.4, 0.5) is 0 Å². The van der Waals surface area contributed by atoms with Crippen molar-refractivity contribution in [3.8, 4) is 6.07 Å². The van der Waals surface area contributed by atoms with Crippen LogP contribution in [0.2, 0.25) is 0 Å². The topological polar surface area (TPSA) is 57.7 Å². The molecule has 1 aliphatic heterocycles. The number of hydrogen-bond acceptors (Lipinski definition) is 4. The lowest BCUT2D eigenvalue weighted by molar-refractivity contribution is 0.153. The van der Waals surface area contributed by atoms with Crippen LogP contribution in [0, 0.1) is 17.2 Å². The minimum Gasteiger partial charge on any atom is -0.299 e. The van der Waals surface area contributed by atoms with E-state index in [1.165, 1.54) is 18.4 Å². The molecular formula is C16H19N5. The van der Waals surface area contributed by atoms with Gasteiger partial charge in [-0.15, -0.1) is 0 Å². The molecule has 2 aromatic rings. The lowest BCUT2D eigenvalue weighted by Gasteiger charge is -2.32. The van der Waals surface area contributed by atoms with E-state index < -0.39 is 0 Å². The number of likely N-dealkylation sites (tertiary alicyclic amines) is 1. The van der Waals surface area contributed by atoms with Crippen LogP contribution in [0.5, 0.6) is 0 Å². The first-order valence-corrected chi connectivity index (χ1v) is 7.37. The third kappa shape index (κ3) is 3.67. The zero-order valence-corrected chi connectivity index (χ0v) is 12.0. The first-order chi connectivity index (χ1) is 10.3. The average molecular weight is 281 g/mol. The van der Waals surface area contributed by atoms with E-state index in [0.717, 1.165) is 31.7 Å². The van der Waals surface area contributed by atoms with E-state index in [1.807, 2.05) is 22.9 Å². The minimum absolute atomic E-state index is 0.625. The van der Waals surface area contributed by atoms with Crippen molar-refractivity contribution in [3.63, 3.8) is 0 Å². The lowest BCUT2D eigenvalue weighted by Crippen LogP contribution is -2.36. The zero-order chi connectivity index (χ0) is 14.5. The van der Waals surface area contributed by atoms with Gasteiger partial charge in [-0.1, -0.05) is 12.1 Å². The molecule has 5 nitrogen and oxygen atoms in total. The SMILES string of the molecule is N#Cc1cccc(CN2CCC[C@H](Cn3cncn3)C2)c1. The van der Waals surface area contributed by atoms with Crippen molar-refractivity contribution in [2.75, 3.05) is 13.1 Å². The molecule has 21 heavy (non-hydrogen) atoms. The summed E-state index contributed by atoms with van der Waals surface area (Å²) < 4.78 is 1.92. The van der Waals surface area contributed by atoms with Crippen molar-refractivity contribution in [2.45, 2.75) is 25.9 Å². The molecule has 0 aliphatic carbocycles. The molecule has 2 heterocycles. The van der Waals surface area contributed by atoms with Crippen molar-refractivity contribution in [3.05, 3.63) is 48.0 Å². The number of benzene rings is 1. The number of aromatic nitrogens is 3. The van der Waals surface area contributed by atoms with E-state index >= 15 is 0 Å². The Labute approximate surface area is 124 Å². The van der Waals surface area contributed by atoms with Gasteiger partial charge in [-0.05, 0) is 43.0 Å².